The Hall–Kier alpha value is 0.01000. The highest BCUT2D eigenvalue weighted by atomic mass is 79.9. The van der Waals surface area contributed by atoms with Gasteiger partial charge in [0.05, 0.1) is 0 Å². The van der Waals surface area contributed by atoms with Crippen LogP contribution in [0.15, 0.2) is 26.9 Å². The lowest BCUT2D eigenvalue weighted by Gasteiger charge is -1.97. The van der Waals surface area contributed by atoms with Gasteiger partial charge in [-0.05, 0) is 30.0 Å². The zero-order chi connectivity index (χ0) is 8.72. The summed E-state index contributed by atoms with van der Waals surface area (Å²) >= 11 is 9.65. The third-order valence-corrected chi connectivity index (χ3v) is 3.66. The molecular formula is C9H7BrS2. The van der Waals surface area contributed by atoms with Gasteiger partial charge in [0.25, 0.3) is 0 Å². The first-order chi connectivity index (χ1) is 5.68. The maximum absolute atomic E-state index is 4.43. The molecule has 0 spiro atoms. The minimum Gasteiger partial charge on any atom is -0.143 e. The van der Waals surface area contributed by atoms with Crippen molar-refractivity contribution in [2.24, 2.45) is 0 Å². The van der Waals surface area contributed by atoms with E-state index < -0.39 is 0 Å². The second-order valence-corrected chi connectivity index (χ2v) is 5.03. The zero-order valence-electron chi connectivity index (χ0n) is 6.47. The smallest absolute Gasteiger partial charge is 0.0367 e. The van der Waals surface area contributed by atoms with Crippen LogP contribution in [-0.2, 0) is 0 Å². The molecule has 0 aliphatic carbocycles. The third kappa shape index (κ3) is 1.30. The molecule has 0 amide bonds. The van der Waals surface area contributed by atoms with Crippen molar-refractivity contribution in [1.29, 1.82) is 0 Å². The number of thiophene rings is 1. The molecule has 0 bridgehead atoms. The quantitative estimate of drug-likeness (QED) is 0.671. The Morgan fingerprint density at radius 3 is 2.92 bits per heavy atom. The molecule has 1 aromatic carbocycles. The van der Waals surface area contributed by atoms with E-state index in [0.717, 1.165) is 9.37 Å². The molecule has 2 rings (SSSR count). The fourth-order valence-corrected chi connectivity index (χ4v) is 3.57. The third-order valence-electron chi connectivity index (χ3n) is 1.80. The van der Waals surface area contributed by atoms with E-state index >= 15 is 0 Å². The molecule has 12 heavy (non-hydrogen) atoms. The van der Waals surface area contributed by atoms with Gasteiger partial charge in [0.2, 0.25) is 0 Å². The molecule has 0 radical (unpaired) electrons. The first-order valence-electron chi connectivity index (χ1n) is 3.55. The minimum absolute atomic E-state index is 1.05. The van der Waals surface area contributed by atoms with Crippen LogP contribution >= 0.6 is 39.9 Å². The van der Waals surface area contributed by atoms with Gasteiger partial charge in [-0.1, -0.05) is 15.9 Å². The van der Waals surface area contributed by atoms with Crippen LogP contribution < -0.4 is 0 Å². The molecule has 0 saturated carbocycles. The van der Waals surface area contributed by atoms with Crippen LogP contribution in [-0.4, -0.2) is 0 Å². The molecule has 0 aliphatic rings. The Bertz CT molecular complexity index is 431. The van der Waals surface area contributed by atoms with Gasteiger partial charge in [-0.15, -0.1) is 24.0 Å². The van der Waals surface area contributed by atoms with Gasteiger partial charge < -0.3 is 0 Å². The average molecular weight is 259 g/mol. The number of benzene rings is 1. The van der Waals surface area contributed by atoms with Crippen LogP contribution in [0.4, 0.5) is 0 Å². The van der Waals surface area contributed by atoms with Crippen molar-refractivity contribution in [3.05, 3.63) is 27.5 Å². The molecule has 0 saturated heterocycles. The molecule has 0 atom stereocenters. The molecule has 1 aromatic heterocycles. The van der Waals surface area contributed by atoms with Gasteiger partial charge in [-0.3, -0.25) is 0 Å². The van der Waals surface area contributed by atoms with Gasteiger partial charge >= 0.3 is 0 Å². The molecule has 0 fully saturated rings. The van der Waals surface area contributed by atoms with Gasteiger partial charge in [-0.25, -0.2) is 0 Å². The Morgan fingerprint density at radius 2 is 2.17 bits per heavy atom. The standard InChI is InChI=1S/C9H7BrS2/c1-5-4-12-8-3-6(10)2-7(11)9(5)8/h2-4,11H,1H3. The summed E-state index contributed by atoms with van der Waals surface area (Å²) in [6.45, 7) is 2.12. The summed E-state index contributed by atoms with van der Waals surface area (Å²) in [5, 5.41) is 3.45. The van der Waals surface area contributed by atoms with Gasteiger partial charge in [0.1, 0.15) is 0 Å². The number of rotatable bonds is 0. The van der Waals surface area contributed by atoms with E-state index in [1.165, 1.54) is 15.6 Å². The topological polar surface area (TPSA) is 0 Å². The molecule has 3 heteroatoms. The van der Waals surface area contributed by atoms with Crippen LogP contribution in [0.25, 0.3) is 10.1 Å². The molecule has 0 unspecified atom stereocenters. The lowest BCUT2D eigenvalue weighted by Crippen LogP contribution is -1.72. The summed E-state index contributed by atoms with van der Waals surface area (Å²) in [5.41, 5.74) is 1.31. The maximum Gasteiger partial charge on any atom is 0.0367 e. The van der Waals surface area contributed by atoms with E-state index in [-0.39, 0.29) is 0 Å². The van der Waals surface area contributed by atoms with E-state index in [4.69, 9.17) is 0 Å². The Balaban J connectivity index is 2.93. The Labute approximate surface area is 89.1 Å². The van der Waals surface area contributed by atoms with Gasteiger partial charge in [0, 0.05) is 19.5 Å². The number of hydrogen-bond acceptors (Lipinski definition) is 2. The van der Waals surface area contributed by atoms with E-state index in [0.29, 0.717) is 0 Å². The lowest BCUT2D eigenvalue weighted by molar-refractivity contribution is 1.49. The fraction of sp³-hybridized carbons (Fsp3) is 0.111. The maximum atomic E-state index is 4.43. The van der Waals surface area contributed by atoms with Crippen molar-refractivity contribution >= 4 is 50.0 Å². The highest BCUT2D eigenvalue weighted by molar-refractivity contribution is 9.10. The second kappa shape index (κ2) is 3.05. The largest absolute Gasteiger partial charge is 0.143 e. The van der Waals surface area contributed by atoms with Crippen LogP contribution in [0.2, 0.25) is 0 Å². The van der Waals surface area contributed by atoms with Crippen molar-refractivity contribution in [3.8, 4) is 0 Å². The summed E-state index contributed by atoms with van der Waals surface area (Å²) in [4.78, 5) is 1.05. The van der Waals surface area contributed by atoms with Crippen molar-refractivity contribution in [1.82, 2.24) is 0 Å². The predicted octanol–water partition coefficient (Wildman–Crippen LogP) is 4.26. The summed E-state index contributed by atoms with van der Waals surface area (Å²) in [7, 11) is 0. The Kier molecular flexibility index (Phi) is 2.19. The molecule has 0 nitrogen and oxygen atoms in total. The number of halogens is 1. The molecular weight excluding hydrogens is 252 g/mol. The number of hydrogen-bond donors (Lipinski definition) is 1. The average Bonchev–Trinajstić information content (AvgIpc) is 2.31. The number of aryl methyl sites for hydroxylation is 1. The van der Waals surface area contributed by atoms with Crippen LogP contribution in [0.3, 0.4) is 0 Å². The van der Waals surface area contributed by atoms with E-state index in [1.807, 2.05) is 6.07 Å². The number of thiol groups is 1. The summed E-state index contributed by atoms with van der Waals surface area (Å²) in [5.74, 6) is 0. The SMILES string of the molecule is Cc1csc2cc(Br)cc(S)c12. The summed E-state index contributed by atoms with van der Waals surface area (Å²) < 4.78 is 2.40. The van der Waals surface area contributed by atoms with Crippen molar-refractivity contribution in [3.63, 3.8) is 0 Å². The number of fused-ring (bicyclic) bond motifs is 1. The molecule has 1 heterocycles. The minimum atomic E-state index is 1.05. The van der Waals surface area contributed by atoms with E-state index in [2.05, 4.69) is 46.9 Å². The first kappa shape index (κ1) is 8.60. The zero-order valence-corrected chi connectivity index (χ0v) is 9.76. The molecule has 0 N–H and O–H groups in total. The van der Waals surface area contributed by atoms with Crippen molar-refractivity contribution in [2.75, 3.05) is 0 Å². The summed E-state index contributed by atoms with van der Waals surface area (Å²) in [6.07, 6.45) is 0. The second-order valence-electron chi connectivity index (χ2n) is 2.72. The molecule has 2 aromatic rings. The van der Waals surface area contributed by atoms with Crippen molar-refractivity contribution in [2.45, 2.75) is 11.8 Å². The summed E-state index contributed by atoms with van der Waals surface area (Å²) in [6, 6.07) is 4.16. The van der Waals surface area contributed by atoms with E-state index in [9.17, 15) is 0 Å². The van der Waals surface area contributed by atoms with Crippen LogP contribution in [0, 0.1) is 6.92 Å². The van der Waals surface area contributed by atoms with Crippen molar-refractivity contribution < 1.29 is 0 Å². The fourth-order valence-electron chi connectivity index (χ4n) is 1.27. The highest BCUT2D eigenvalue weighted by Gasteiger charge is 2.04. The van der Waals surface area contributed by atoms with Crippen LogP contribution in [0.1, 0.15) is 5.56 Å². The normalized spacial score (nSPS) is 10.9. The van der Waals surface area contributed by atoms with E-state index in [1.54, 1.807) is 11.3 Å². The van der Waals surface area contributed by atoms with Crippen LogP contribution in [0.5, 0.6) is 0 Å². The van der Waals surface area contributed by atoms with Gasteiger partial charge in [-0.2, -0.15) is 0 Å². The Morgan fingerprint density at radius 1 is 1.42 bits per heavy atom. The first-order valence-corrected chi connectivity index (χ1v) is 5.67. The molecule has 62 valence electrons. The lowest BCUT2D eigenvalue weighted by atomic mass is 10.2. The predicted molar refractivity (Wildman–Crippen MR) is 61.5 cm³/mol. The highest BCUT2D eigenvalue weighted by Crippen LogP contribution is 2.33. The van der Waals surface area contributed by atoms with Gasteiger partial charge in [0.15, 0.2) is 0 Å². The monoisotopic (exact) mass is 258 g/mol. The molecule has 0 aliphatic heterocycles.